The van der Waals surface area contributed by atoms with Crippen LogP contribution in [0.1, 0.15) is 31.8 Å². The first-order valence-electron chi connectivity index (χ1n) is 11.8. The van der Waals surface area contributed by atoms with Crippen molar-refractivity contribution in [3.63, 3.8) is 0 Å². The molecule has 0 unspecified atom stereocenters. The molecule has 10 heteroatoms. The maximum absolute atomic E-state index is 15.4. The van der Waals surface area contributed by atoms with E-state index in [1.165, 1.54) is 11.7 Å². The summed E-state index contributed by atoms with van der Waals surface area (Å²) < 4.78 is 36.4. The van der Waals surface area contributed by atoms with Gasteiger partial charge in [-0.15, -0.1) is 10.2 Å². The average molecular weight is 514 g/mol. The molecule has 2 fully saturated rings. The number of rotatable bonds is 5. The monoisotopic (exact) mass is 513 g/mol. The molecule has 1 aromatic carbocycles. The van der Waals surface area contributed by atoms with Gasteiger partial charge in [-0.2, -0.15) is 4.80 Å². The smallest absolute Gasteiger partial charge is 0.313 e. The zero-order chi connectivity index (χ0) is 25.7. The van der Waals surface area contributed by atoms with E-state index in [1.54, 1.807) is 32.3 Å². The Morgan fingerprint density at radius 3 is 2.67 bits per heavy atom. The van der Waals surface area contributed by atoms with Crippen LogP contribution in [-0.2, 0) is 23.0 Å². The molecule has 2 aromatic heterocycles. The summed E-state index contributed by atoms with van der Waals surface area (Å²) >= 11 is 6.29. The summed E-state index contributed by atoms with van der Waals surface area (Å²) in [6.45, 7) is 3.30. The summed E-state index contributed by atoms with van der Waals surface area (Å²) in [7, 11) is 1.59. The Bertz CT molecular complexity index is 1310. The molecule has 3 heterocycles. The van der Waals surface area contributed by atoms with Crippen LogP contribution >= 0.6 is 11.6 Å². The molecule has 1 saturated heterocycles. The lowest BCUT2D eigenvalue weighted by Crippen LogP contribution is -2.54. The minimum Gasteiger partial charge on any atom is -0.462 e. The predicted molar refractivity (Wildman–Crippen MR) is 130 cm³/mol. The highest BCUT2D eigenvalue weighted by molar-refractivity contribution is 6.33. The van der Waals surface area contributed by atoms with Crippen LogP contribution in [0.15, 0.2) is 48.7 Å². The Labute approximate surface area is 212 Å². The van der Waals surface area contributed by atoms with E-state index in [2.05, 4.69) is 20.4 Å². The Kier molecular flexibility index (Phi) is 6.14. The number of aryl methyl sites for hydroxylation is 1. The number of carbonyl (C=O) groups excluding carboxylic acids is 1. The number of ether oxygens (including phenoxy) is 1. The number of benzene rings is 1. The van der Waals surface area contributed by atoms with Crippen molar-refractivity contribution in [2.75, 3.05) is 0 Å². The first-order chi connectivity index (χ1) is 17.1. The van der Waals surface area contributed by atoms with Gasteiger partial charge in [-0.05, 0) is 36.3 Å². The molecule has 1 aliphatic carbocycles. The third-order valence-corrected chi connectivity index (χ3v) is 7.87. The van der Waals surface area contributed by atoms with Crippen molar-refractivity contribution in [3.8, 4) is 11.1 Å². The Hall–Kier alpha value is -3.20. The Morgan fingerprint density at radius 1 is 1.22 bits per heavy atom. The SMILES string of the molecule is C[C@H]1OC(=O)[C@]2(Cc3nnn(C)n3)CC(F)(F)[C@@H](C)[C@H](C=Cc3ccc(-c4ccccc4Cl)cn3)[C@H]12. The third kappa shape index (κ3) is 4.19. The van der Waals surface area contributed by atoms with Gasteiger partial charge in [-0.3, -0.25) is 9.78 Å². The maximum atomic E-state index is 15.4. The van der Waals surface area contributed by atoms with Gasteiger partial charge in [0.2, 0.25) is 0 Å². The van der Waals surface area contributed by atoms with Crippen molar-refractivity contribution in [2.24, 2.45) is 30.2 Å². The molecule has 0 amide bonds. The van der Waals surface area contributed by atoms with Gasteiger partial charge >= 0.3 is 5.97 Å². The number of alkyl halides is 2. The van der Waals surface area contributed by atoms with Crippen LogP contribution in [0.4, 0.5) is 8.78 Å². The zero-order valence-electron chi connectivity index (χ0n) is 20.1. The van der Waals surface area contributed by atoms with Crippen LogP contribution in [0, 0.1) is 23.2 Å². The molecule has 36 heavy (non-hydrogen) atoms. The summed E-state index contributed by atoms with van der Waals surface area (Å²) in [5, 5.41) is 12.5. The Morgan fingerprint density at radius 2 is 2.00 bits per heavy atom. The van der Waals surface area contributed by atoms with Crippen LogP contribution < -0.4 is 0 Å². The van der Waals surface area contributed by atoms with Crippen LogP contribution in [0.5, 0.6) is 0 Å². The van der Waals surface area contributed by atoms with E-state index in [9.17, 15) is 4.79 Å². The van der Waals surface area contributed by atoms with Crippen LogP contribution in [0.2, 0.25) is 5.02 Å². The van der Waals surface area contributed by atoms with Gasteiger partial charge in [0.1, 0.15) is 6.10 Å². The van der Waals surface area contributed by atoms with E-state index in [4.69, 9.17) is 16.3 Å². The molecule has 1 saturated carbocycles. The van der Waals surface area contributed by atoms with Gasteiger partial charge < -0.3 is 4.74 Å². The molecule has 0 radical (unpaired) electrons. The summed E-state index contributed by atoms with van der Waals surface area (Å²) in [6.07, 6.45) is 4.00. The second-order valence-electron chi connectivity index (χ2n) is 9.78. The van der Waals surface area contributed by atoms with Gasteiger partial charge in [0.05, 0.1) is 18.2 Å². The second-order valence-corrected chi connectivity index (χ2v) is 10.2. The fourth-order valence-electron chi connectivity index (χ4n) is 5.77. The highest BCUT2D eigenvalue weighted by atomic mass is 35.5. The number of halogens is 3. The van der Waals surface area contributed by atoms with E-state index in [0.29, 0.717) is 10.7 Å². The number of tetrazole rings is 1. The Balaban J connectivity index is 1.47. The molecule has 188 valence electrons. The molecule has 5 atom stereocenters. The highest BCUT2D eigenvalue weighted by Crippen LogP contribution is 2.60. The fourth-order valence-corrected chi connectivity index (χ4v) is 6.02. The van der Waals surface area contributed by atoms with Gasteiger partial charge in [0.15, 0.2) is 5.82 Å². The molecule has 0 spiro atoms. The number of cyclic esters (lactones) is 1. The van der Waals surface area contributed by atoms with Gasteiger partial charge in [0.25, 0.3) is 5.92 Å². The highest BCUT2D eigenvalue weighted by Gasteiger charge is 2.68. The van der Waals surface area contributed by atoms with Gasteiger partial charge in [0, 0.05) is 47.0 Å². The van der Waals surface area contributed by atoms with E-state index in [1.807, 2.05) is 36.4 Å². The zero-order valence-corrected chi connectivity index (χ0v) is 20.9. The number of carbonyl (C=O) groups is 1. The lowest BCUT2D eigenvalue weighted by molar-refractivity contribution is -0.171. The third-order valence-electron chi connectivity index (χ3n) is 7.54. The molecular weight excluding hydrogens is 488 g/mol. The van der Waals surface area contributed by atoms with E-state index >= 15 is 8.78 Å². The van der Waals surface area contributed by atoms with Crippen LogP contribution in [0.25, 0.3) is 17.2 Å². The standard InChI is InChI=1S/C26H26ClF2N5O2/c1-15-19(11-10-18-9-8-17(13-30-18)20-6-4-5-7-21(20)27)23-16(2)36-24(35)25(23,14-26(15,28)29)12-22-31-33-34(3)32-22/h4-11,13,15-16,19,23H,12,14H2,1-3H3/t15-,16+,19-,23-,25+/m0/s1. The fraction of sp³-hybridized carbons (Fsp3) is 0.423. The first-order valence-corrected chi connectivity index (χ1v) is 12.2. The predicted octanol–water partition coefficient (Wildman–Crippen LogP) is 5.02. The molecule has 0 N–H and O–H groups in total. The minimum atomic E-state index is -3.09. The largest absolute Gasteiger partial charge is 0.462 e. The number of allylic oxidation sites excluding steroid dienone is 1. The van der Waals surface area contributed by atoms with Crippen molar-refractivity contribution in [3.05, 3.63) is 65.2 Å². The van der Waals surface area contributed by atoms with Crippen LogP contribution in [0.3, 0.4) is 0 Å². The first kappa shape index (κ1) is 24.5. The molecule has 1 aliphatic heterocycles. The van der Waals surface area contributed by atoms with Crippen molar-refractivity contribution < 1.29 is 18.3 Å². The molecular formula is C26H26ClF2N5O2. The summed E-state index contributed by atoms with van der Waals surface area (Å²) in [6, 6.07) is 11.2. The maximum Gasteiger partial charge on any atom is 0.313 e. The molecule has 7 nitrogen and oxygen atoms in total. The number of pyridine rings is 1. The van der Waals surface area contributed by atoms with Gasteiger partial charge in [-0.1, -0.05) is 48.9 Å². The molecule has 3 aromatic rings. The van der Waals surface area contributed by atoms with E-state index < -0.39 is 47.6 Å². The lowest BCUT2D eigenvalue weighted by atomic mass is 9.55. The molecule has 2 aliphatic rings. The number of esters is 1. The number of fused-ring (bicyclic) bond motifs is 1. The quantitative estimate of drug-likeness (QED) is 0.445. The van der Waals surface area contributed by atoms with Gasteiger partial charge in [-0.25, -0.2) is 8.78 Å². The second kappa shape index (κ2) is 9.03. The number of nitrogens with zero attached hydrogens (tertiary/aromatic N) is 5. The number of aromatic nitrogens is 5. The van der Waals surface area contributed by atoms with E-state index in [0.717, 1.165) is 11.1 Å². The van der Waals surface area contributed by atoms with E-state index in [-0.39, 0.29) is 12.2 Å². The summed E-state index contributed by atoms with van der Waals surface area (Å²) in [5.74, 6) is -5.56. The minimum absolute atomic E-state index is 0.0495. The van der Waals surface area contributed by atoms with Crippen molar-refractivity contribution in [1.82, 2.24) is 25.2 Å². The number of hydrogen-bond acceptors (Lipinski definition) is 6. The topological polar surface area (TPSA) is 82.8 Å². The average Bonchev–Trinajstić information content (AvgIpc) is 3.34. The van der Waals surface area contributed by atoms with Crippen molar-refractivity contribution in [2.45, 2.75) is 38.7 Å². The number of hydrogen-bond donors (Lipinski definition) is 0. The molecule has 5 rings (SSSR count). The lowest BCUT2D eigenvalue weighted by Gasteiger charge is -2.47. The summed E-state index contributed by atoms with van der Waals surface area (Å²) in [5.41, 5.74) is 0.898. The van der Waals surface area contributed by atoms with Crippen molar-refractivity contribution >= 4 is 23.6 Å². The summed E-state index contributed by atoms with van der Waals surface area (Å²) in [4.78, 5) is 18.8. The normalized spacial score (nSPS) is 29.3. The van der Waals surface area contributed by atoms with Crippen molar-refractivity contribution in [1.29, 1.82) is 0 Å². The molecule has 0 bridgehead atoms. The van der Waals surface area contributed by atoms with Crippen LogP contribution in [-0.4, -0.2) is 43.2 Å².